The van der Waals surface area contributed by atoms with Crippen LogP contribution >= 0.6 is 0 Å². The first-order valence-corrected chi connectivity index (χ1v) is 7.20. The second-order valence-electron chi connectivity index (χ2n) is 6.22. The maximum atomic E-state index is 3.58. The number of benzene rings is 1. The third-order valence-corrected chi connectivity index (χ3v) is 4.68. The molecule has 1 saturated carbocycles. The van der Waals surface area contributed by atoms with Gasteiger partial charge in [-0.25, -0.2) is 0 Å². The molecule has 1 aromatic rings. The van der Waals surface area contributed by atoms with E-state index in [0.29, 0.717) is 5.54 Å². The van der Waals surface area contributed by atoms with Crippen molar-refractivity contribution in [2.45, 2.75) is 38.8 Å². The van der Waals surface area contributed by atoms with Crippen LogP contribution in [0.4, 0.5) is 0 Å². The standard InChI is InChI=1S/C16H24N2/c1-13-4-3-5-14(10-13)11-18-9-8-17-12-16(18,2)15-6-7-15/h3-5,10,15,17H,6-9,11-12H2,1-2H3. The van der Waals surface area contributed by atoms with Gasteiger partial charge in [-0.05, 0) is 38.2 Å². The molecule has 0 aromatic heterocycles. The van der Waals surface area contributed by atoms with E-state index in [9.17, 15) is 0 Å². The zero-order valence-corrected chi connectivity index (χ0v) is 11.6. The fourth-order valence-corrected chi connectivity index (χ4v) is 3.32. The third-order valence-electron chi connectivity index (χ3n) is 4.68. The zero-order chi connectivity index (χ0) is 12.6. The summed E-state index contributed by atoms with van der Waals surface area (Å²) in [6, 6.07) is 8.96. The van der Waals surface area contributed by atoms with Gasteiger partial charge in [0.25, 0.3) is 0 Å². The Bertz CT molecular complexity index is 425. The van der Waals surface area contributed by atoms with Crippen LogP contribution in [0.3, 0.4) is 0 Å². The molecule has 0 amide bonds. The van der Waals surface area contributed by atoms with Gasteiger partial charge in [0.15, 0.2) is 0 Å². The average molecular weight is 244 g/mol. The average Bonchev–Trinajstić information content (AvgIpc) is 3.17. The minimum absolute atomic E-state index is 0.377. The number of rotatable bonds is 3. The molecule has 1 heterocycles. The number of aryl methyl sites for hydroxylation is 1. The van der Waals surface area contributed by atoms with E-state index in [0.717, 1.165) is 25.6 Å². The van der Waals surface area contributed by atoms with Crippen molar-refractivity contribution in [1.29, 1.82) is 0 Å². The van der Waals surface area contributed by atoms with Gasteiger partial charge in [-0.1, -0.05) is 29.8 Å². The predicted octanol–water partition coefficient (Wildman–Crippen LogP) is 2.57. The fourth-order valence-electron chi connectivity index (χ4n) is 3.32. The van der Waals surface area contributed by atoms with Crippen LogP contribution in [0.5, 0.6) is 0 Å². The summed E-state index contributed by atoms with van der Waals surface area (Å²) in [5, 5.41) is 3.58. The second kappa shape index (κ2) is 4.67. The van der Waals surface area contributed by atoms with Crippen molar-refractivity contribution in [2.24, 2.45) is 5.92 Å². The molecule has 18 heavy (non-hydrogen) atoms. The molecule has 3 rings (SSSR count). The van der Waals surface area contributed by atoms with Gasteiger partial charge < -0.3 is 5.32 Å². The molecular formula is C16H24N2. The van der Waals surface area contributed by atoms with E-state index in [1.165, 1.54) is 30.5 Å². The molecular weight excluding hydrogens is 220 g/mol. The molecule has 1 N–H and O–H groups in total. The topological polar surface area (TPSA) is 15.3 Å². The molecule has 2 aliphatic rings. The molecule has 2 nitrogen and oxygen atoms in total. The minimum atomic E-state index is 0.377. The van der Waals surface area contributed by atoms with Crippen molar-refractivity contribution in [2.75, 3.05) is 19.6 Å². The lowest BCUT2D eigenvalue weighted by Gasteiger charge is -2.46. The van der Waals surface area contributed by atoms with Crippen LogP contribution < -0.4 is 5.32 Å². The molecule has 1 aliphatic heterocycles. The monoisotopic (exact) mass is 244 g/mol. The first-order valence-electron chi connectivity index (χ1n) is 7.20. The largest absolute Gasteiger partial charge is 0.314 e. The van der Waals surface area contributed by atoms with Crippen LogP contribution in [0.1, 0.15) is 30.9 Å². The van der Waals surface area contributed by atoms with E-state index in [-0.39, 0.29) is 0 Å². The highest BCUT2D eigenvalue weighted by atomic mass is 15.3. The Hall–Kier alpha value is -0.860. The first kappa shape index (κ1) is 12.2. The molecule has 2 fully saturated rings. The van der Waals surface area contributed by atoms with Crippen molar-refractivity contribution in [3.8, 4) is 0 Å². The minimum Gasteiger partial charge on any atom is -0.314 e. The molecule has 98 valence electrons. The van der Waals surface area contributed by atoms with Gasteiger partial charge in [0.05, 0.1) is 0 Å². The van der Waals surface area contributed by atoms with Crippen LogP contribution in [-0.2, 0) is 6.54 Å². The smallest absolute Gasteiger partial charge is 0.0337 e. The summed E-state index contributed by atoms with van der Waals surface area (Å²) in [4.78, 5) is 2.70. The molecule has 0 spiro atoms. The van der Waals surface area contributed by atoms with Gasteiger partial charge in [-0.3, -0.25) is 4.90 Å². The van der Waals surface area contributed by atoms with Gasteiger partial charge >= 0.3 is 0 Å². The van der Waals surface area contributed by atoms with Crippen molar-refractivity contribution >= 4 is 0 Å². The maximum absolute atomic E-state index is 3.58. The molecule has 1 unspecified atom stereocenters. The van der Waals surface area contributed by atoms with E-state index in [1.54, 1.807) is 0 Å². The quantitative estimate of drug-likeness (QED) is 0.879. The van der Waals surface area contributed by atoms with E-state index in [4.69, 9.17) is 0 Å². The fraction of sp³-hybridized carbons (Fsp3) is 0.625. The number of hydrogen-bond donors (Lipinski definition) is 1. The molecule has 0 bridgehead atoms. The maximum Gasteiger partial charge on any atom is 0.0337 e. The van der Waals surface area contributed by atoms with Crippen molar-refractivity contribution in [1.82, 2.24) is 10.2 Å². The van der Waals surface area contributed by atoms with Gasteiger partial charge in [-0.15, -0.1) is 0 Å². The van der Waals surface area contributed by atoms with Gasteiger partial charge in [-0.2, -0.15) is 0 Å². The lowest BCUT2D eigenvalue weighted by atomic mass is 9.90. The van der Waals surface area contributed by atoms with E-state index in [2.05, 4.69) is 48.3 Å². The van der Waals surface area contributed by atoms with Crippen LogP contribution in [0.25, 0.3) is 0 Å². The first-order chi connectivity index (χ1) is 8.68. The van der Waals surface area contributed by atoms with Gasteiger partial charge in [0.1, 0.15) is 0 Å². The summed E-state index contributed by atoms with van der Waals surface area (Å²) in [6.07, 6.45) is 2.84. The SMILES string of the molecule is Cc1cccc(CN2CCNCC2(C)C2CC2)c1. The Morgan fingerprint density at radius 3 is 2.94 bits per heavy atom. The second-order valence-corrected chi connectivity index (χ2v) is 6.22. The highest BCUT2D eigenvalue weighted by molar-refractivity contribution is 5.22. The summed E-state index contributed by atoms with van der Waals surface area (Å²) in [5.41, 5.74) is 3.21. The Morgan fingerprint density at radius 2 is 2.22 bits per heavy atom. The number of piperazine rings is 1. The Balaban J connectivity index is 1.77. The van der Waals surface area contributed by atoms with E-state index in [1.807, 2.05) is 0 Å². The Kier molecular flexibility index (Phi) is 3.16. The van der Waals surface area contributed by atoms with Crippen molar-refractivity contribution in [3.05, 3.63) is 35.4 Å². The van der Waals surface area contributed by atoms with E-state index >= 15 is 0 Å². The molecule has 1 aliphatic carbocycles. The Morgan fingerprint density at radius 1 is 1.39 bits per heavy atom. The summed E-state index contributed by atoms with van der Waals surface area (Å²) in [6.45, 7) is 9.21. The third kappa shape index (κ3) is 2.32. The molecule has 2 heteroatoms. The highest BCUT2D eigenvalue weighted by Crippen LogP contribution is 2.43. The lowest BCUT2D eigenvalue weighted by Crippen LogP contribution is -2.60. The van der Waals surface area contributed by atoms with Crippen molar-refractivity contribution < 1.29 is 0 Å². The van der Waals surface area contributed by atoms with Crippen molar-refractivity contribution in [3.63, 3.8) is 0 Å². The van der Waals surface area contributed by atoms with Crippen LogP contribution in [0, 0.1) is 12.8 Å². The summed E-state index contributed by atoms with van der Waals surface area (Å²) in [7, 11) is 0. The summed E-state index contributed by atoms with van der Waals surface area (Å²) in [5.74, 6) is 0.912. The number of nitrogens with one attached hydrogen (secondary N) is 1. The molecule has 1 saturated heterocycles. The van der Waals surface area contributed by atoms with Gasteiger partial charge in [0.2, 0.25) is 0 Å². The van der Waals surface area contributed by atoms with Gasteiger partial charge in [0, 0.05) is 31.7 Å². The van der Waals surface area contributed by atoms with E-state index < -0.39 is 0 Å². The summed E-state index contributed by atoms with van der Waals surface area (Å²) >= 11 is 0. The Labute approximate surface area is 110 Å². The number of nitrogens with zero attached hydrogens (tertiary/aromatic N) is 1. The molecule has 1 aromatic carbocycles. The summed E-state index contributed by atoms with van der Waals surface area (Å²) < 4.78 is 0. The molecule has 1 atom stereocenters. The highest BCUT2D eigenvalue weighted by Gasteiger charge is 2.46. The predicted molar refractivity (Wildman–Crippen MR) is 75.6 cm³/mol. The van der Waals surface area contributed by atoms with Crippen LogP contribution in [0.2, 0.25) is 0 Å². The normalized spacial score (nSPS) is 29.4. The molecule has 0 radical (unpaired) electrons. The van der Waals surface area contributed by atoms with Crippen LogP contribution in [0.15, 0.2) is 24.3 Å². The zero-order valence-electron chi connectivity index (χ0n) is 11.6. The number of hydrogen-bond acceptors (Lipinski definition) is 2. The van der Waals surface area contributed by atoms with Crippen LogP contribution in [-0.4, -0.2) is 30.1 Å². The lowest BCUT2D eigenvalue weighted by molar-refractivity contribution is 0.0484.